The molecule has 16 heavy (non-hydrogen) atoms. The molecule has 0 unspecified atom stereocenters. The van der Waals surface area contributed by atoms with E-state index in [9.17, 15) is 15.0 Å². The molecule has 1 rings (SSSR count). The van der Waals surface area contributed by atoms with Crippen molar-refractivity contribution in [3.8, 4) is 17.2 Å². The monoisotopic (exact) mass is 228 g/mol. The number of phenols is 2. The predicted octanol–water partition coefficient (Wildman–Crippen LogP) is 0.867. The second kappa shape index (κ2) is 5.22. The van der Waals surface area contributed by atoms with E-state index in [4.69, 9.17) is 4.74 Å². The molecule has 0 aliphatic carbocycles. The standard InChI is InChI=1S/C10H12O6/c1-14-5-16-8-4-6(11)3-7(12)9(8)10(13)15-2/h3-4,11-12H,5H2,1-2H3. The van der Waals surface area contributed by atoms with E-state index in [-0.39, 0.29) is 23.9 Å². The number of rotatable bonds is 4. The number of carbonyl (C=O) groups is 1. The van der Waals surface area contributed by atoms with Crippen LogP contribution in [-0.2, 0) is 9.47 Å². The summed E-state index contributed by atoms with van der Waals surface area (Å²) in [6, 6.07) is 2.21. The van der Waals surface area contributed by atoms with Gasteiger partial charge in [0.2, 0.25) is 0 Å². The van der Waals surface area contributed by atoms with Gasteiger partial charge < -0.3 is 24.4 Å². The van der Waals surface area contributed by atoms with E-state index in [1.807, 2.05) is 0 Å². The number of ether oxygens (including phenoxy) is 3. The summed E-state index contributed by atoms with van der Waals surface area (Å²) < 4.78 is 14.2. The van der Waals surface area contributed by atoms with Crippen molar-refractivity contribution in [3.05, 3.63) is 17.7 Å². The largest absolute Gasteiger partial charge is 0.508 e. The topological polar surface area (TPSA) is 85.2 Å². The molecular formula is C10H12O6. The highest BCUT2D eigenvalue weighted by Gasteiger charge is 2.19. The summed E-state index contributed by atoms with van der Waals surface area (Å²) in [4.78, 5) is 11.3. The molecule has 6 heteroatoms. The van der Waals surface area contributed by atoms with Crippen molar-refractivity contribution in [3.63, 3.8) is 0 Å². The van der Waals surface area contributed by atoms with Gasteiger partial charge in [0.1, 0.15) is 22.8 Å². The summed E-state index contributed by atoms with van der Waals surface area (Å²) >= 11 is 0. The van der Waals surface area contributed by atoms with Crippen molar-refractivity contribution in [2.75, 3.05) is 21.0 Å². The molecule has 0 aliphatic rings. The average molecular weight is 228 g/mol. The quantitative estimate of drug-likeness (QED) is 0.587. The first-order valence-electron chi connectivity index (χ1n) is 4.36. The predicted molar refractivity (Wildman–Crippen MR) is 53.6 cm³/mol. The molecule has 0 bridgehead atoms. The van der Waals surface area contributed by atoms with Crippen LogP contribution in [0.15, 0.2) is 12.1 Å². The second-order valence-corrected chi connectivity index (χ2v) is 2.88. The number of carbonyl (C=O) groups excluding carboxylic acids is 1. The van der Waals surface area contributed by atoms with Crippen LogP contribution in [-0.4, -0.2) is 37.2 Å². The van der Waals surface area contributed by atoms with E-state index in [0.29, 0.717) is 0 Å². The summed E-state index contributed by atoms with van der Waals surface area (Å²) in [5.74, 6) is -1.41. The first-order chi connectivity index (χ1) is 7.60. The Kier molecular flexibility index (Phi) is 3.96. The van der Waals surface area contributed by atoms with Crippen LogP contribution in [0, 0.1) is 0 Å². The molecule has 0 heterocycles. The van der Waals surface area contributed by atoms with Crippen LogP contribution < -0.4 is 4.74 Å². The molecule has 0 aromatic heterocycles. The first-order valence-corrected chi connectivity index (χ1v) is 4.36. The van der Waals surface area contributed by atoms with Gasteiger partial charge in [0.25, 0.3) is 0 Å². The minimum atomic E-state index is -0.761. The highest BCUT2D eigenvalue weighted by molar-refractivity contribution is 5.95. The lowest BCUT2D eigenvalue weighted by Crippen LogP contribution is -2.07. The lowest BCUT2D eigenvalue weighted by molar-refractivity contribution is 0.0460. The fraction of sp³-hybridized carbons (Fsp3) is 0.300. The number of hydrogen-bond acceptors (Lipinski definition) is 6. The Morgan fingerprint density at radius 3 is 2.56 bits per heavy atom. The van der Waals surface area contributed by atoms with Gasteiger partial charge in [-0.3, -0.25) is 0 Å². The van der Waals surface area contributed by atoms with Crippen LogP contribution in [0.5, 0.6) is 17.2 Å². The highest BCUT2D eigenvalue weighted by atomic mass is 16.7. The van der Waals surface area contributed by atoms with E-state index < -0.39 is 11.7 Å². The Morgan fingerprint density at radius 2 is 2.00 bits per heavy atom. The van der Waals surface area contributed by atoms with Crippen molar-refractivity contribution in [2.24, 2.45) is 0 Å². The smallest absolute Gasteiger partial charge is 0.345 e. The lowest BCUT2D eigenvalue weighted by atomic mass is 10.1. The summed E-state index contributed by atoms with van der Waals surface area (Å²) in [6.07, 6.45) is 0. The van der Waals surface area contributed by atoms with Crippen molar-refractivity contribution < 1.29 is 29.2 Å². The van der Waals surface area contributed by atoms with Crippen LogP contribution in [0.25, 0.3) is 0 Å². The minimum Gasteiger partial charge on any atom is -0.508 e. The molecule has 0 atom stereocenters. The second-order valence-electron chi connectivity index (χ2n) is 2.88. The third-order valence-electron chi connectivity index (χ3n) is 1.79. The zero-order valence-electron chi connectivity index (χ0n) is 8.89. The zero-order chi connectivity index (χ0) is 12.1. The van der Waals surface area contributed by atoms with Gasteiger partial charge in [-0.25, -0.2) is 4.79 Å². The first kappa shape index (κ1) is 12.1. The highest BCUT2D eigenvalue weighted by Crippen LogP contribution is 2.33. The Balaban J connectivity index is 3.15. The maximum Gasteiger partial charge on any atom is 0.345 e. The van der Waals surface area contributed by atoms with Gasteiger partial charge in [0.15, 0.2) is 6.79 Å². The van der Waals surface area contributed by atoms with Crippen LogP contribution in [0.3, 0.4) is 0 Å². The molecule has 0 radical (unpaired) electrons. The average Bonchev–Trinajstić information content (AvgIpc) is 2.24. The fourth-order valence-corrected chi connectivity index (χ4v) is 1.13. The fourth-order valence-electron chi connectivity index (χ4n) is 1.13. The van der Waals surface area contributed by atoms with Gasteiger partial charge in [-0.1, -0.05) is 0 Å². The summed E-state index contributed by atoms with van der Waals surface area (Å²) in [7, 11) is 2.58. The molecule has 0 spiro atoms. The van der Waals surface area contributed by atoms with Gasteiger partial charge >= 0.3 is 5.97 Å². The summed E-state index contributed by atoms with van der Waals surface area (Å²) in [5, 5.41) is 18.7. The van der Waals surface area contributed by atoms with Crippen LogP contribution in [0.1, 0.15) is 10.4 Å². The van der Waals surface area contributed by atoms with Crippen LogP contribution in [0.4, 0.5) is 0 Å². The Morgan fingerprint density at radius 1 is 1.31 bits per heavy atom. The molecule has 0 saturated heterocycles. The van der Waals surface area contributed by atoms with Crippen LogP contribution in [0.2, 0.25) is 0 Å². The summed E-state index contributed by atoms with van der Waals surface area (Å²) in [5.41, 5.74) is -0.155. The number of phenolic OH excluding ortho intramolecular Hbond substituents is 2. The van der Waals surface area contributed by atoms with E-state index in [1.165, 1.54) is 20.3 Å². The number of esters is 1. The zero-order valence-corrected chi connectivity index (χ0v) is 8.89. The number of methoxy groups -OCH3 is 2. The third-order valence-corrected chi connectivity index (χ3v) is 1.79. The van der Waals surface area contributed by atoms with Crippen molar-refractivity contribution in [1.29, 1.82) is 0 Å². The van der Waals surface area contributed by atoms with Gasteiger partial charge in [0.05, 0.1) is 7.11 Å². The molecule has 88 valence electrons. The molecule has 2 N–H and O–H groups in total. The van der Waals surface area contributed by atoms with E-state index >= 15 is 0 Å². The Bertz CT molecular complexity index is 387. The van der Waals surface area contributed by atoms with Crippen LogP contribution >= 0.6 is 0 Å². The molecular weight excluding hydrogens is 216 g/mol. The van der Waals surface area contributed by atoms with E-state index in [0.717, 1.165) is 6.07 Å². The van der Waals surface area contributed by atoms with Crippen molar-refractivity contribution in [2.45, 2.75) is 0 Å². The van der Waals surface area contributed by atoms with E-state index in [2.05, 4.69) is 9.47 Å². The van der Waals surface area contributed by atoms with Crippen molar-refractivity contribution >= 4 is 5.97 Å². The van der Waals surface area contributed by atoms with Gasteiger partial charge in [-0.15, -0.1) is 0 Å². The van der Waals surface area contributed by atoms with Gasteiger partial charge in [-0.05, 0) is 0 Å². The van der Waals surface area contributed by atoms with Crippen molar-refractivity contribution in [1.82, 2.24) is 0 Å². The molecule has 1 aromatic carbocycles. The number of aromatic hydroxyl groups is 2. The normalized spacial score (nSPS) is 9.88. The minimum absolute atomic E-state index is 0.00815. The van der Waals surface area contributed by atoms with Gasteiger partial charge in [0, 0.05) is 19.2 Å². The van der Waals surface area contributed by atoms with E-state index in [1.54, 1.807) is 0 Å². The Hall–Kier alpha value is -1.95. The Labute approximate surface area is 92.0 Å². The SMILES string of the molecule is COCOc1cc(O)cc(O)c1C(=O)OC. The maximum absolute atomic E-state index is 11.3. The lowest BCUT2D eigenvalue weighted by Gasteiger charge is -2.11. The molecule has 6 nitrogen and oxygen atoms in total. The third kappa shape index (κ3) is 2.54. The molecule has 0 saturated carbocycles. The molecule has 0 amide bonds. The number of hydrogen-bond donors (Lipinski definition) is 2. The molecule has 0 aliphatic heterocycles. The molecule has 1 aromatic rings. The maximum atomic E-state index is 11.3. The van der Waals surface area contributed by atoms with Gasteiger partial charge in [-0.2, -0.15) is 0 Å². The number of benzene rings is 1. The molecule has 0 fully saturated rings. The summed E-state index contributed by atoms with van der Waals surface area (Å²) in [6.45, 7) is -0.118.